The Hall–Kier alpha value is -3.31. The third-order valence-corrected chi connectivity index (χ3v) is 5.47. The molecular weight excluding hydrogens is 438 g/mol. The van der Waals surface area contributed by atoms with E-state index >= 15 is 0 Å². The summed E-state index contributed by atoms with van der Waals surface area (Å²) in [5.41, 5.74) is 4.41. The molecule has 0 heterocycles. The number of carboxylic acid groups (broad SMARTS) is 1. The zero-order valence-electron chi connectivity index (χ0n) is 18.6. The monoisotopic (exact) mass is 465 g/mol. The van der Waals surface area contributed by atoms with Gasteiger partial charge in [-0.15, -0.1) is 0 Å². The predicted octanol–water partition coefficient (Wildman–Crippen LogP) is 5.79. The molecule has 33 heavy (non-hydrogen) atoms. The van der Waals surface area contributed by atoms with Crippen LogP contribution < -0.4 is 10.1 Å². The summed E-state index contributed by atoms with van der Waals surface area (Å²) in [6, 6.07) is 20.7. The van der Waals surface area contributed by atoms with Gasteiger partial charge < -0.3 is 15.2 Å². The van der Waals surface area contributed by atoms with Crippen molar-refractivity contribution in [1.82, 2.24) is 5.32 Å². The average molecular weight is 466 g/mol. The summed E-state index contributed by atoms with van der Waals surface area (Å²) in [5.74, 6) is -0.499. The van der Waals surface area contributed by atoms with Crippen LogP contribution in [-0.2, 0) is 17.6 Å². The third kappa shape index (κ3) is 7.36. The highest BCUT2D eigenvalue weighted by Gasteiger charge is 2.13. The van der Waals surface area contributed by atoms with Crippen LogP contribution in [0, 0.1) is 0 Å². The van der Waals surface area contributed by atoms with Crippen LogP contribution in [0.2, 0.25) is 5.02 Å². The maximum Gasteiger partial charge on any atom is 0.307 e. The number of rotatable bonds is 11. The number of benzene rings is 3. The van der Waals surface area contributed by atoms with Gasteiger partial charge in [0.15, 0.2) is 0 Å². The van der Waals surface area contributed by atoms with E-state index < -0.39 is 5.97 Å². The minimum Gasteiger partial charge on any atom is -0.493 e. The van der Waals surface area contributed by atoms with Crippen molar-refractivity contribution < 1.29 is 19.4 Å². The number of aliphatic carboxylic acids is 1. The maximum absolute atomic E-state index is 12.7. The quantitative estimate of drug-likeness (QED) is 0.352. The second kappa shape index (κ2) is 12.1. The summed E-state index contributed by atoms with van der Waals surface area (Å²) in [6.45, 7) is 3.14. The van der Waals surface area contributed by atoms with Gasteiger partial charge in [0, 0.05) is 11.6 Å². The molecular formula is C27H28ClNO4. The molecule has 5 nitrogen and oxygen atoms in total. The molecule has 0 unspecified atom stereocenters. The fourth-order valence-corrected chi connectivity index (χ4v) is 3.57. The molecule has 0 fully saturated rings. The summed E-state index contributed by atoms with van der Waals surface area (Å²) >= 11 is 6.09. The Bertz CT molecular complexity index is 1080. The second-order valence-electron chi connectivity index (χ2n) is 7.81. The molecule has 172 valence electrons. The van der Waals surface area contributed by atoms with Crippen molar-refractivity contribution in [2.75, 3.05) is 13.2 Å². The highest BCUT2D eigenvalue weighted by molar-refractivity contribution is 6.31. The second-order valence-corrected chi connectivity index (χ2v) is 8.25. The summed E-state index contributed by atoms with van der Waals surface area (Å²) in [7, 11) is 0. The van der Waals surface area contributed by atoms with Crippen LogP contribution in [0.4, 0.5) is 0 Å². The highest BCUT2D eigenvalue weighted by atomic mass is 35.5. The summed E-state index contributed by atoms with van der Waals surface area (Å²) in [6.07, 6.45) is 2.65. The topological polar surface area (TPSA) is 75.6 Å². The maximum atomic E-state index is 12.7. The van der Waals surface area contributed by atoms with E-state index in [9.17, 15) is 9.59 Å². The Morgan fingerprint density at radius 3 is 2.18 bits per heavy atom. The molecule has 3 aromatic rings. The minimum atomic E-state index is -0.838. The molecule has 6 heteroatoms. The molecule has 0 aliphatic carbocycles. The van der Waals surface area contributed by atoms with Crippen LogP contribution >= 0.6 is 11.6 Å². The Labute approximate surface area is 199 Å². The summed E-state index contributed by atoms with van der Waals surface area (Å²) in [5, 5.41) is 12.3. The molecule has 3 aromatic carbocycles. The fraction of sp³-hybridized carbons (Fsp3) is 0.259. The van der Waals surface area contributed by atoms with Gasteiger partial charge in [0.25, 0.3) is 5.91 Å². The van der Waals surface area contributed by atoms with E-state index in [2.05, 4.69) is 12.2 Å². The predicted molar refractivity (Wildman–Crippen MR) is 131 cm³/mol. The third-order valence-electron chi connectivity index (χ3n) is 5.24. The van der Waals surface area contributed by atoms with E-state index in [4.69, 9.17) is 21.4 Å². The molecule has 0 bridgehead atoms. The number of unbranched alkanes of at least 4 members (excludes halogenated alkanes) is 1. The number of carbonyl (C=O) groups is 2. The summed E-state index contributed by atoms with van der Waals surface area (Å²) < 4.78 is 5.75. The van der Waals surface area contributed by atoms with Crippen LogP contribution in [0.25, 0.3) is 11.1 Å². The van der Waals surface area contributed by atoms with Gasteiger partial charge in [-0.05, 0) is 53.3 Å². The number of nitrogens with one attached hydrogen (secondary N) is 1. The van der Waals surface area contributed by atoms with Gasteiger partial charge in [-0.3, -0.25) is 9.59 Å². The van der Waals surface area contributed by atoms with Gasteiger partial charge in [0.2, 0.25) is 0 Å². The van der Waals surface area contributed by atoms with Crippen LogP contribution in [0.5, 0.6) is 5.75 Å². The Kier molecular flexibility index (Phi) is 8.90. The number of hydrogen-bond donors (Lipinski definition) is 2. The van der Waals surface area contributed by atoms with Crippen molar-refractivity contribution in [2.24, 2.45) is 0 Å². The largest absolute Gasteiger partial charge is 0.493 e. The van der Waals surface area contributed by atoms with Crippen molar-refractivity contribution in [1.29, 1.82) is 0 Å². The zero-order valence-corrected chi connectivity index (χ0v) is 19.4. The molecule has 0 atom stereocenters. The van der Waals surface area contributed by atoms with Crippen LogP contribution in [0.3, 0.4) is 0 Å². The number of halogens is 1. The lowest BCUT2D eigenvalue weighted by Crippen LogP contribution is -2.26. The van der Waals surface area contributed by atoms with Crippen molar-refractivity contribution in [2.45, 2.75) is 32.6 Å². The smallest absolute Gasteiger partial charge is 0.307 e. The molecule has 0 saturated carbocycles. The lowest BCUT2D eigenvalue weighted by molar-refractivity contribution is -0.136. The normalized spacial score (nSPS) is 10.6. The number of carbonyl (C=O) groups excluding carboxylic acids is 1. The summed E-state index contributed by atoms with van der Waals surface area (Å²) in [4.78, 5) is 23.5. The lowest BCUT2D eigenvalue weighted by atomic mass is 10.0. The molecule has 1 amide bonds. The zero-order chi connectivity index (χ0) is 23.6. The Balaban J connectivity index is 1.55. The Morgan fingerprint density at radius 1 is 0.939 bits per heavy atom. The van der Waals surface area contributed by atoms with Gasteiger partial charge >= 0.3 is 5.97 Å². The number of hydrogen-bond acceptors (Lipinski definition) is 3. The lowest BCUT2D eigenvalue weighted by Gasteiger charge is -2.12. The van der Waals surface area contributed by atoms with Gasteiger partial charge in [0.1, 0.15) is 5.75 Å². The molecule has 0 radical (unpaired) electrons. The van der Waals surface area contributed by atoms with E-state index in [0.29, 0.717) is 35.9 Å². The highest BCUT2D eigenvalue weighted by Crippen LogP contribution is 2.24. The van der Waals surface area contributed by atoms with Crippen LogP contribution in [0.15, 0.2) is 66.7 Å². The van der Waals surface area contributed by atoms with Gasteiger partial charge in [-0.1, -0.05) is 73.5 Å². The Morgan fingerprint density at radius 2 is 1.58 bits per heavy atom. The first-order chi connectivity index (χ1) is 16.0. The van der Waals surface area contributed by atoms with Crippen LogP contribution in [-0.4, -0.2) is 30.1 Å². The first-order valence-corrected chi connectivity index (χ1v) is 11.4. The molecule has 0 aliphatic rings. The van der Waals surface area contributed by atoms with E-state index in [1.165, 1.54) is 0 Å². The van der Waals surface area contributed by atoms with Crippen molar-refractivity contribution >= 4 is 23.5 Å². The van der Waals surface area contributed by atoms with E-state index in [1.807, 2.05) is 48.5 Å². The molecule has 3 rings (SSSR count). The van der Waals surface area contributed by atoms with E-state index in [1.54, 1.807) is 18.2 Å². The molecule has 0 aliphatic heterocycles. The van der Waals surface area contributed by atoms with E-state index in [-0.39, 0.29) is 12.3 Å². The van der Waals surface area contributed by atoms with Crippen LogP contribution in [0.1, 0.15) is 41.3 Å². The number of carboxylic acids is 1. The van der Waals surface area contributed by atoms with Gasteiger partial charge in [-0.25, -0.2) is 0 Å². The average Bonchev–Trinajstić information content (AvgIpc) is 2.81. The number of amides is 1. The van der Waals surface area contributed by atoms with Gasteiger partial charge in [0.05, 0.1) is 18.6 Å². The van der Waals surface area contributed by atoms with E-state index in [0.717, 1.165) is 35.1 Å². The first-order valence-electron chi connectivity index (χ1n) is 11.1. The van der Waals surface area contributed by atoms with Crippen molar-refractivity contribution in [3.05, 3.63) is 88.4 Å². The molecule has 0 saturated heterocycles. The number of ether oxygens (including phenoxy) is 1. The first kappa shape index (κ1) is 24.3. The SMILES string of the molecule is CCCCOc1ccc(Cl)cc1C(=O)NCCc1ccc(-c2ccc(CC(=O)O)cc2)cc1. The standard InChI is InChI=1S/C27H28ClNO4/c1-2-3-16-33-25-13-12-23(28)18-24(25)27(32)29-15-14-19-4-8-21(9-5-19)22-10-6-20(7-11-22)17-26(30)31/h4-13,18H,2-3,14-17H2,1H3,(H,29,32)(H,30,31). The molecule has 0 spiro atoms. The molecule has 2 N–H and O–H groups in total. The van der Waals surface area contributed by atoms with Crippen molar-refractivity contribution in [3.8, 4) is 16.9 Å². The van der Waals surface area contributed by atoms with Gasteiger partial charge in [-0.2, -0.15) is 0 Å². The minimum absolute atomic E-state index is 0.0203. The fourth-order valence-electron chi connectivity index (χ4n) is 3.40. The van der Waals surface area contributed by atoms with Crippen molar-refractivity contribution in [3.63, 3.8) is 0 Å². The molecule has 0 aromatic heterocycles.